The van der Waals surface area contributed by atoms with E-state index in [9.17, 15) is 4.79 Å². The van der Waals surface area contributed by atoms with Gasteiger partial charge in [-0.25, -0.2) is 9.97 Å². The lowest BCUT2D eigenvalue weighted by atomic mass is 10.1. The van der Waals surface area contributed by atoms with Crippen LogP contribution in [0.2, 0.25) is 0 Å². The maximum Gasteiger partial charge on any atom is 0.269 e. The summed E-state index contributed by atoms with van der Waals surface area (Å²) < 4.78 is 0. The molecule has 3 aromatic rings. The molecule has 0 unspecified atom stereocenters. The normalized spacial score (nSPS) is 10.3. The number of nitrogens with two attached hydrogens (primary N) is 1. The van der Waals surface area contributed by atoms with E-state index in [0.29, 0.717) is 29.4 Å². The number of hydrogen-bond acceptors (Lipinski definition) is 6. The zero-order valence-electron chi connectivity index (χ0n) is 15.3. The van der Waals surface area contributed by atoms with Gasteiger partial charge in [-0.1, -0.05) is 48.0 Å². The third-order valence-corrected chi connectivity index (χ3v) is 4.15. The minimum atomic E-state index is -0.264. The standard InChI is InChI=1S/C20H22N6O/c1-13-7-9-15(10-8-13)11-22-18-17(21)19(24-12-23-18)25-26-20(27)16-6-4-3-5-14(16)2/h3-10,12H,11,21H2,1-2H3,(H,26,27)(H2,22,23,24,25). The quantitative estimate of drug-likeness (QED) is 0.502. The maximum atomic E-state index is 12.3. The summed E-state index contributed by atoms with van der Waals surface area (Å²) in [6.45, 7) is 4.50. The van der Waals surface area contributed by atoms with Gasteiger partial charge in [-0.05, 0) is 31.0 Å². The van der Waals surface area contributed by atoms with Crippen LogP contribution in [0.1, 0.15) is 27.0 Å². The van der Waals surface area contributed by atoms with E-state index in [1.807, 2.05) is 44.2 Å². The predicted octanol–water partition coefficient (Wildman–Crippen LogP) is 3.04. The summed E-state index contributed by atoms with van der Waals surface area (Å²) in [5, 5.41) is 3.19. The largest absolute Gasteiger partial charge is 0.393 e. The highest BCUT2D eigenvalue weighted by Crippen LogP contribution is 2.22. The van der Waals surface area contributed by atoms with Crippen LogP contribution >= 0.6 is 0 Å². The molecule has 7 nitrogen and oxygen atoms in total. The Morgan fingerprint density at radius 3 is 2.44 bits per heavy atom. The molecule has 7 heteroatoms. The van der Waals surface area contributed by atoms with Crippen molar-refractivity contribution in [3.8, 4) is 0 Å². The number of nitrogen functional groups attached to an aromatic ring is 1. The third-order valence-electron chi connectivity index (χ3n) is 4.15. The van der Waals surface area contributed by atoms with Gasteiger partial charge in [-0.2, -0.15) is 0 Å². The molecule has 1 amide bonds. The van der Waals surface area contributed by atoms with Crippen molar-refractivity contribution >= 4 is 23.2 Å². The van der Waals surface area contributed by atoms with E-state index in [0.717, 1.165) is 11.1 Å². The molecule has 3 rings (SSSR count). The Morgan fingerprint density at radius 1 is 1.00 bits per heavy atom. The fourth-order valence-corrected chi connectivity index (χ4v) is 2.54. The molecule has 0 bridgehead atoms. The SMILES string of the molecule is Cc1ccc(CNc2ncnc(NNC(=O)c3ccccc3C)c2N)cc1. The first-order valence-corrected chi connectivity index (χ1v) is 8.56. The van der Waals surface area contributed by atoms with Gasteiger partial charge in [-0.3, -0.25) is 15.6 Å². The Hall–Kier alpha value is -3.61. The van der Waals surface area contributed by atoms with Crippen molar-refractivity contribution in [2.24, 2.45) is 0 Å². The second-order valence-electron chi connectivity index (χ2n) is 6.22. The van der Waals surface area contributed by atoms with Crippen molar-refractivity contribution < 1.29 is 4.79 Å². The molecule has 138 valence electrons. The van der Waals surface area contributed by atoms with Crippen LogP contribution in [-0.2, 0) is 6.54 Å². The molecule has 1 aromatic heterocycles. The lowest BCUT2D eigenvalue weighted by molar-refractivity contribution is 0.0962. The molecular weight excluding hydrogens is 340 g/mol. The van der Waals surface area contributed by atoms with E-state index in [4.69, 9.17) is 5.73 Å². The number of rotatable bonds is 6. The summed E-state index contributed by atoms with van der Waals surface area (Å²) in [4.78, 5) is 20.6. The highest BCUT2D eigenvalue weighted by Gasteiger charge is 2.11. The summed E-state index contributed by atoms with van der Waals surface area (Å²) >= 11 is 0. The second-order valence-corrected chi connectivity index (χ2v) is 6.22. The van der Waals surface area contributed by atoms with E-state index in [-0.39, 0.29) is 5.91 Å². The molecule has 0 saturated heterocycles. The van der Waals surface area contributed by atoms with Crippen LogP contribution in [0, 0.1) is 13.8 Å². The Labute approximate surface area is 158 Å². The second kappa shape index (κ2) is 8.18. The maximum absolute atomic E-state index is 12.3. The molecule has 0 spiro atoms. The highest BCUT2D eigenvalue weighted by atomic mass is 16.2. The van der Waals surface area contributed by atoms with Crippen LogP contribution in [0.4, 0.5) is 17.3 Å². The molecule has 0 aliphatic heterocycles. The van der Waals surface area contributed by atoms with Gasteiger partial charge in [0.25, 0.3) is 5.91 Å². The predicted molar refractivity (Wildman–Crippen MR) is 107 cm³/mol. The van der Waals surface area contributed by atoms with Crippen LogP contribution in [-0.4, -0.2) is 15.9 Å². The molecule has 0 aliphatic rings. The fraction of sp³-hybridized carbons (Fsp3) is 0.150. The smallest absolute Gasteiger partial charge is 0.269 e. The van der Waals surface area contributed by atoms with Crippen LogP contribution in [0.25, 0.3) is 0 Å². The Bertz CT molecular complexity index is 939. The average Bonchev–Trinajstić information content (AvgIpc) is 2.67. The van der Waals surface area contributed by atoms with E-state index >= 15 is 0 Å². The number of hydrogen-bond donors (Lipinski definition) is 4. The van der Waals surface area contributed by atoms with Gasteiger partial charge in [0.15, 0.2) is 11.6 Å². The summed E-state index contributed by atoms with van der Waals surface area (Å²) in [5.41, 5.74) is 15.6. The summed E-state index contributed by atoms with van der Waals surface area (Å²) in [6.07, 6.45) is 1.39. The zero-order chi connectivity index (χ0) is 19.2. The van der Waals surface area contributed by atoms with E-state index in [1.54, 1.807) is 6.07 Å². The number of carbonyl (C=O) groups excluding carboxylic acids is 1. The van der Waals surface area contributed by atoms with Crippen LogP contribution in [0.15, 0.2) is 54.9 Å². The number of nitrogens with zero attached hydrogens (tertiary/aromatic N) is 2. The topological polar surface area (TPSA) is 105 Å². The minimum Gasteiger partial charge on any atom is -0.393 e. The van der Waals surface area contributed by atoms with Gasteiger partial charge in [-0.15, -0.1) is 0 Å². The van der Waals surface area contributed by atoms with Crippen LogP contribution in [0.3, 0.4) is 0 Å². The van der Waals surface area contributed by atoms with E-state index in [1.165, 1.54) is 11.9 Å². The van der Waals surface area contributed by atoms with Gasteiger partial charge >= 0.3 is 0 Å². The summed E-state index contributed by atoms with van der Waals surface area (Å²) in [5.74, 6) is 0.567. The molecule has 0 atom stereocenters. The zero-order valence-corrected chi connectivity index (χ0v) is 15.3. The number of carbonyl (C=O) groups is 1. The van der Waals surface area contributed by atoms with Gasteiger partial charge in [0.1, 0.15) is 12.0 Å². The van der Waals surface area contributed by atoms with Gasteiger partial charge in [0, 0.05) is 12.1 Å². The van der Waals surface area contributed by atoms with Crippen molar-refractivity contribution in [1.82, 2.24) is 15.4 Å². The molecule has 27 heavy (non-hydrogen) atoms. The van der Waals surface area contributed by atoms with Crippen molar-refractivity contribution in [1.29, 1.82) is 0 Å². The van der Waals surface area contributed by atoms with Crippen molar-refractivity contribution in [2.75, 3.05) is 16.5 Å². The highest BCUT2D eigenvalue weighted by molar-refractivity contribution is 5.96. The van der Waals surface area contributed by atoms with E-state index < -0.39 is 0 Å². The van der Waals surface area contributed by atoms with Gasteiger partial charge in [0.05, 0.1) is 0 Å². The first kappa shape index (κ1) is 18.2. The molecule has 2 aromatic carbocycles. The first-order valence-electron chi connectivity index (χ1n) is 8.56. The Kier molecular flexibility index (Phi) is 5.51. The van der Waals surface area contributed by atoms with Gasteiger partial charge < -0.3 is 11.1 Å². The molecule has 0 saturated carbocycles. The van der Waals surface area contributed by atoms with Crippen LogP contribution < -0.4 is 21.9 Å². The lowest BCUT2D eigenvalue weighted by Crippen LogP contribution is -2.31. The molecule has 5 N–H and O–H groups in total. The van der Waals surface area contributed by atoms with Gasteiger partial charge in [0.2, 0.25) is 0 Å². The number of nitrogens with one attached hydrogen (secondary N) is 3. The molecular formula is C20H22N6O. The number of hydrazine groups is 1. The first-order chi connectivity index (χ1) is 13.0. The van der Waals surface area contributed by atoms with E-state index in [2.05, 4.69) is 38.3 Å². The summed E-state index contributed by atoms with van der Waals surface area (Å²) in [7, 11) is 0. The molecule has 0 radical (unpaired) electrons. The van der Waals surface area contributed by atoms with Crippen molar-refractivity contribution in [3.63, 3.8) is 0 Å². The Morgan fingerprint density at radius 2 is 1.70 bits per heavy atom. The average molecular weight is 362 g/mol. The molecule has 0 fully saturated rings. The molecule has 0 aliphatic carbocycles. The van der Waals surface area contributed by atoms with Crippen molar-refractivity contribution in [3.05, 3.63) is 77.1 Å². The van der Waals surface area contributed by atoms with Crippen molar-refractivity contribution in [2.45, 2.75) is 20.4 Å². The summed E-state index contributed by atoms with van der Waals surface area (Å²) in [6, 6.07) is 15.5. The number of benzene rings is 2. The Balaban J connectivity index is 1.65. The third kappa shape index (κ3) is 4.52. The lowest BCUT2D eigenvalue weighted by Gasteiger charge is -2.14. The number of aryl methyl sites for hydroxylation is 2. The fourth-order valence-electron chi connectivity index (χ4n) is 2.54. The monoisotopic (exact) mass is 362 g/mol. The van der Waals surface area contributed by atoms with Crippen LogP contribution in [0.5, 0.6) is 0 Å². The number of amides is 1. The number of aromatic nitrogens is 2. The molecule has 1 heterocycles. The minimum absolute atomic E-state index is 0.264. The number of anilines is 3.